The first-order valence-corrected chi connectivity index (χ1v) is 6.60. The Morgan fingerprint density at radius 2 is 2.05 bits per heavy atom. The molecule has 0 fully saturated rings. The maximum atomic E-state index is 10.6. The van der Waals surface area contributed by atoms with Gasteiger partial charge in [-0.3, -0.25) is 4.79 Å². The van der Waals surface area contributed by atoms with Gasteiger partial charge in [0, 0.05) is 25.3 Å². The number of aryl methyl sites for hydroxylation is 1. The zero-order valence-corrected chi connectivity index (χ0v) is 12.2. The van der Waals surface area contributed by atoms with Crippen LogP contribution in [0, 0.1) is 6.92 Å². The molecule has 0 radical (unpaired) electrons. The standard InChI is InChI=1S/C15H24N2O2/c1-10(2)12-6-5-11(3)14(7-12)17(4)9-13(16)8-15(18)19/h5-7,10,13H,8-9,16H2,1-4H3,(H,18,19). The second kappa shape index (κ2) is 6.57. The van der Waals surface area contributed by atoms with Crippen LogP contribution in [0.3, 0.4) is 0 Å². The second-order valence-electron chi connectivity index (χ2n) is 5.44. The zero-order chi connectivity index (χ0) is 14.6. The molecule has 19 heavy (non-hydrogen) atoms. The van der Waals surface area contributed by atoms with Gasteiger partial charge in [0.1, 0.15) is 0 Å². The molecule has 4 nitrogen and oxygen atoms in total. The highest BCUT2D eigenvalue weighted by atomic mass is 16.4. The molecule has 0 aliphatic carbocycles. The number of carboxylic acid groups (broad SMARTS) is 1. The number of benzene rings is 1. The molecule has 1 aromatic rings. The van der Waals surface area contributed by atoms with E-state index in [9.17, 15) is 4.79 Å². The summed E-state index contributed by atoms with van der Waals surface area (Å²) in [5.74, 6) is -0.381. The Hall–Kier alpha value is -1.55. The van der Waals surface area contributed by atoms with Crippen LogP contribution >= 0.6 is 0 Å². The lowest BCUT2D eigenvalue weighted by molar-refractivity contribution is -0.137. The molecule has 1 rings (SSSR count). The number of hydrogen-bond donors (Lipinski definition) is 2. The number of hydrogen-bond acceptors (Lipinski definition) is 3. The van der Waals surface area contributed by atoms with Crippen LogP contribution in [-0.4, -0.2) is 30.7 Å². The largest absolute Gasteiger partial charge is 0.481 e. The van der Waals surface area contributed by atoms with E-state index in [1.165, 1.54) is 11.1 Å². The van der Waals surface area contributed by atoms with Crippen LogP contribution in [-0.2, 0) is 4.79 Å². The van der Waals surface area contributed by atoms with E-state index in [0.717, 1.165) is 5.69 Å². The van der Waals surface area contributed by atoms with Crippen molar-refractivity contribution in [1.29, 1.82) is 0 Å². The molecule has 0 heterocycles. The third kappa shape index (κ3) is 4.56. The van der Waals surface area contributed by atoms with E-state index in [1.807, 2.05) is 11.9 Å². The van der Waals surface area contributed by atoms with E-state index in [1.54, 1.807) is 0 Å². The maximum absolute atomic E-state index is 10.6. The smallest absolute Gasteiger partial charge is 0.304 e. The summed E-state index contributed by atoms with van der Waals surface area (Å²) in [7, 11) is 1.95. The van der Waals surface area contributed by atoms with E-state index in [4.69, 9.17) is 10.8 Å². The molecular weight excluding hydrogens is 240 g/mol. The number of carbonyl (C=O) groups is 1. The van der Waals surface area contributed by atoms with Gasteiger partial charge in [-0.25, -0.2) is 0 Å². The van der Waals surface area contributed by atoms with Gasteiger partial charge >= 0.3 is 5.97 Å². The summed E-state index contributed by atoms with van der Waals surface area (Å²) in [5.41, 5.74) is 9.41. The van der Waals surface area contributed by atoms with Gasteiger partial charge in [0.15, 0.2) is 0 Å². The van der Waals surface area contributed by atoms with Crippen LogP contribution < -0.4 is 10.6 Å². The predicted octanol–water partition coefficient (Wildman–Crippen LogP) is 2.36. The molecule has 0 amide bonds. The Kier molecular flexibility index (Phi) is 5.36. The minimum Gasteiger partial charge on any atom is -0.481 e. The summed E-state index contributed by atoms with van der Waals surface area (Å²) in [6.45, 7) is 6.91. The Balaban J connectivity index is 2.83. The summed E-state index contributed by atoms with van der Waals surface area (Å²) in [6.07, 6.45) is -0.00669. The van der Waals surface area contributed by atoms with Crippen molar-refractivity contribution in [3.8, 4) is 0 Å². The van der Waals surface area contributed by atoms with Crippen molar-refractivity contribution in [1.82, 2.24) is 0 Å². The van der Waals surface area contributed by atoms with Gasteiger partial charge in [-0.1, -0.05) is 26.0 Å². The molecular formula is C15H24N2O2. The van der Waals surface area contributed by atoms with Crippen molar-refractivity contribution >= 4 is 11.7 Å². The predicted molar refractivity (Wildman–Crippen MR) is 78.8 cm³/mol. The molecule has 106 valence electrons. The number of carboxylic acids is 1. The summed E-state index contributed by atoms with van der Waals surface area (Å²) in [4.78, 5) is 12.7. The Morgan fingerprint density at radius 1 is 1.42 bits per heavy atom. The molecule has 0 aromatic heterocycles. The normalized spacial score (nSPS) is 12.5. The first kappa shape index (κ1) is 15.5. The van der Waals surface area contributed by atoms with Crippen molar-refractivity contribution in [2.24, 2.45) is 5.73 Å². The number of nitrogens with zero attached hydrogens (tertiary/aromatic N) is 1. The third-order valence-corrected chi connectivity index (χ3v) is 3.26. The van der Waals surface area contributed by atoms with Gasteiger partial charge in [0.2, 0.25) is 0 Å². The second-order valence-corrected chi connectivity index (χ2v) is 5.44. The number of rotatable bonds is 6. The first-order chi connectivity index (χ1) is 8.81. The topological polar surface area (TPSA) is 66.6 Å². The lowest BCUT2D eigenvalue weighted by Gasteiger charge is -2.25. The Morgan fingerprint density at radius 3 is 2.58 bits per heavy atom. The molecule has 0 spiro atoms. The summed E-state index contributed by atoms with van der Waals surface area (Å²) in [6, 6.07) is 6.04. The fourth-order valence-corrected chi connectivity index (χ4v) is 2.14. The average molecular weight is 264 g/mol. The minimum atomic E-state index is -0.853. The summed E-state index contributed by atoms with van der Waals surface area (Å²) >= 11 is 0. The van der Waals surface area contributed by atoms with E-state index in [-0.39, 0.29) is 12.5 Å². The van der Waals surface area contributed by atoms with Crippen LogP contribution in [0.5, 0.6) is 0 Å². The van der Waals surface area contributed by atoms with Crippen LogP contribution in [0.1, 0.15) is 37.3 Å². The molecule has 0 saturated heterocycles. The van der Waals surface area contributed by atoms with Gasteiger partial charge in [0.25, 0.3) is 0 Å². The van der Waals surface area contributed by atoms with Crippen LogP contribution in [0.2, 0.25) is 0 Å². The van der Waals surface area contributed by atoms with Crippen molar-refractivity contribution in [3.63, 3.8) is 0 Å². The van der Waals surface area contributed by atoms with Crippen molar-refractivity contribution in [2.45, 2.75) is 39.2 Å². The first-order valence-electron chi connectivity index (χ1n) is 6.60. The highest BCUT2D eigenvalue weighted by molar-refractivity contribution is 5.67. The fraction of sp³-hybridized carbons (Fsp3) is 0.533. The van der Waals surface area contributed by atoms with Crippen molar-refractivity contribution < 1.29 is 9.90 Å². The molecule has 0 aliphatic heterocycles. The monoisotopic (exact) mass is 264 g/mol. The van der Waals surface area contributed by atoms with Gasteiger partial charge in [-0.05, 0) is 30.0 Å². The summed E-state index contributed by atoms with van der Waals surface area (Å²) < 4.78 is 0. The van der Waals surface area contributed by atoms with Crippen LogP contribution in [0.15, 0.2) is 18.2 Å². The SMILES string of the molecule is Cc1ccc(C(C)C)cc1N(C)CC(N)CC(=O)O. The van der Waals surface area contributed by atoms with E-state index >= 15 is 0 Å². The molecule has 0 aliphatic rings. The van der Waals surface area contributed by atoms with Gasteiger partial charge < -0.3 is 15.7 Å². The Labute approximate surface area is 115 Å². The van der Waals surface area contributed by atoms with Gasteiger partial charge in [0.05, 0.1) is 6.42 Å². The van der Waals surface area contributed by atoms with Gasteiger partial charge in [-0.2, -0.15) is 0 Å². The molecule has 1 unspecified atom stereocenters. The van der Waals surface area contributed by atoms with E-state index in [0.29, 0.717) is 12.5 Å². The van der Waals surface area contributed by atoms with E-state index in [2.05, 4.69) is 39.0 Å². The summed E-state index contributed by atoms with van der Waals surface area (Å²) in [5, 5.41) is 8.74. The molecule has 1 atom stereocenters. The highest BCUT2D eigenvalue weighted by Crippen LogP contribution is 2.25. The number of likely N-dealkylation sites (N-methyl/N-ethyl adjacent to an activating group) is 1. The fourth-order valence-electron chi connectivity index (χ4n) is 2.14. The quantitative estimate of drug-likeness (QED) is 0.827. The average Bonchev–Trinajstić information content (AvgIpc) is 2.27. The molecule has 0 saturated carbocycles. The zero-order valence-electron chi connectivity index (χ0n) is 12.2. The molecule has 1 aromatic carbocycles. The molecule has 4 heteroatoms. The lowest BCUT2D eigenvalue weighted by atomic mass is 10.00. The van der Waals surface area contributed by atoms with Crippen LogP contribution in [0.25, 0.3) is 0 Å². The van der Waals surface area contributed by atoms with E-state index < -0.39 is 5.97 Å². The lowest BCUT2D eigenvalue weighted by Crippen LogP contribution is -2.37. The van der Waals surface area contributed by atoms with Crippen molar-refractivity contribution in [3.05, 3.63) is 29.3 Å². The van der Waals surface area contributed by atoms with Crippen LogP contribution in [0.4, 0.5) is 5.69 Å². The molecule has 0 bridgehead atoms. The minimum absolute atomic E-state index is 0.00669. The van der Waals surface area contributed by atoms with Gasteiger partial charge in [-0.15, -0.1) is 0 Å². The third-order valence-electron chi connectivity index (χ3n) is 3.26. The number of anilines is 1. The Bertz CT molecular complexity index is 444. The van der Waals surface area contributed by atoms with Crippen molar-refractivity contribution in [2.75, 3.05) is 18.5 Å². The number of nitrogens with two attached hydrogens (primary N) is 1. The highest BCUT2D eigenvalue weighted by Gasteiger charge is 2.13. The maximum Gasteiger partial charge on any atom is 0.304 e. The number of aliphatic carboxylic acids is 1. The molecule has 3 N–H and O–H groups in total.